The minimum atomic E-state index is 0.758. The Morgan fingerprint density at radius 3 is 2.63 bits per heavy atom. The maximum atomic E-state index is 5.22. The van der Waals surface area contributed by atoms with Crippen LogP contribution in [0, 0.1) is 13.8 Å². The standard InChI is InChI=1S/C15H17BrN2O/c1-10-4-6-14(11(2)18-10)17-9-12-5-7-15(19-3)13(16)8-12/h4-8,17H,9H2,1-3H3. The number of anilines is 1. The van der Waals surface area contributed by atoms with Crippen molar-refractivity contribution in [2.75, 3.05) is 12.4 Å². The number of aryl methyl sites for hydroxylation is 2. The van der Waals surface area contributed by atoms with E-state index < -0.39 is 0 Å². The molecule has 4 heteroatoms. The van der Waals surface area contributed by atoms with Crippen molar-refractivity contribution in [1.82, 2.24) is 4.98 Å². The molecule has 0 saturated heterocycles. The lowest BCUT2D eigenvalue weighted by Gasteiger charge is -2.11. The van der Waals surface area contributed by atoms with Gasteiger partial charge in [-0.1, -0.05) is 6.07 Å². The highest BCUT2D eigenvalue weighted by atomic mass is 79.9. The molecule has 1 aromatic carbocycles. The molecular weight excluding hydrogens is 304 g/mol. The first kappa shape index (κ1) is 13.9. The lowest BCUT2D eigenvalue weighted by molar-refractivity contribution is 0.412. The molecule has 0 fully saturated rings. The van der Waals surface area contributed by atoms with E-state index in [1.165, 1.54) is 5.56 Å². The molecule has 1 N–H and O–H groups in total. The number of benzene rings is 1. The number of nitrogens with zero attached hydrogens (tertiary/aromatic N) is 1. The van der Waals surface area contributed by atoms with Gasteiger partial charge in [-0.25, -0.2) is 0 Å². The normalized spacial score (nSPS) is 10.3. The maximum absolute atomic E-state index is 5.22. The summed E-state index contributed by atoms with van der Waals surface area (Å²) >= 11 is 3.49. The second-order valence-electron chi connectivity index (χ2n) is 4.41. The summed E-state index contributed by atoms with van der Waals surface area (Å²) in [6.45, 7) is 4.77. The van der Waals surface area contributed by atoms with Crippen molar-refractivity contribution in [2.45, 2.75) is 20.4 Å². The van der Waals surface area contributed by atoms with Gasteiger partial charge in [0.15, 0.2) is 0 Å². The fraction of sp³-hybridized carbons (Fsp3) is 0.267. The van der Waals surface area contributed by atoms with Gasteiger partial charge in [0.05, 0.1) is 23.0 Å². The van der Waals surface area contributed by atoms with Crippen LogP contribution < -0.4 is 10.1 Å². The molecule has 19 heavy (non-hydrogen) atoms. The highest BCUT2D eigenvalue weighted by Crippen LogP contribution is 2.26. The topological polar surface area (TPSA) is 34.1 Å². The van der Waals surface area contributed by atoms with Gasteiger partial charge in [-0.15, -0.1) is 0 Å². The van der Waals surface area contributed by atoms with Gasteiger partial charge in [0.2, 0.25) is 0 Å². The molecule has 0 aliphatic carbocycles. The summed E-state index contributed by atoms with van der Waals surface area (Å²) in [5.41, 5.74) is 4.31. The molecule has 0 unspecified atom stereocenters. The number of methoxy groups -OCH3 is 1. The van der Waals surface area contributed by atoms with Crippen LogP contribution in [0.15, 0.2) is 34.8 Å². The third kappa shape index (κ3) is 3.47. The molecule has 0 saturated carbocycles. The van der Waals surface area contributed by atoms with Gasteiger partial charge in [0, 0.05) is 12.2 Å². The first-order valence-corrected chi connectivity index (χ1v) is 6.90. The third-order valence-corrected chi connectivity index (χ3v) is 3.54. The van der Waals surface area contributed by atoms with Crippen molar-refractivity contribution in [3.05, 3.63) is 51.8 Å². The molecule has 0 amide bonds. The van der Waals surface area contributed by atoms with E-state index >= 15 is 0 Å². The van der Waals surface area contributed by atoms with Crippen LogP contribution in [0.1, 0.15) is 17.0 Å². The SMILES string of the molecule is COc1ccc(CNc2ccc(C)nc2C)cc1Br. The number of halogens is 1. The predicted molar refractivity (Wildman–Crippen MR) is 81.7 cm³/mol. The first-order chi connectivity index (χ1) is 9.10. The van der Waals surface area contributed by atoms with E-state index in [0.717, 1.165) is 33.8 Å². The highest BCUT2D eigenvalue weighted by Gasteiger charge is 2.03. The molecule has 3 nitrogen and oxygen atoms in total. The average molecular weight is 321 g/mol. The molecule has 0 spiro atoms. The smallest absolute Gasteiger partial charge is 0.133 e. The number of nitrogens with one attached hydrogen (secondary N) is 1. The molecule has 0 aliphatic rings. The number of hydrogen-bond acceptors (Lipinski definition) is 3. The molecule has 0 radical (unpaired) electrons. The summed E-state index contributed by atoms with van der Waals surface area (Å²) in [6, 6.07) is 10.1. The zero-order chi connectivity index (χ0) is 13.8. The van der Waals surface area contributed by atoms with Crippen molar-refractivity contribution in [3.63, 3.8) is 0 Å². The summed E-state index contributed by atoms with van der Waals surface area (Å²) in [7, 11) is 1.67. The van der Waals surface area contributed by atoms with Crippen LogP contribution in [0.4, 0.5) is 5.69 Å². The Hall–Kier alpha value is -1.55. The zero-order valence-corrected chi connectivity index (χ0v) is 12.9. The van der Waals surface area contributed by atoms with Crippen LogP contribution in [0.5, 0.6) is 5.75 Å². The van der Waals surface area contributed by atoms with Crippen molar-refractivity contribution in [1.29, 1.82) is 0 Å². The summed E-state index contributed by atoms with van der Waals surface area (Å²) in [5.74, 6) is 0.844. The number of pyridine rings is 1. The molecule has 1 heterocycles. The largest absolute Gasteiger partial charge is 0.496 e. The van der Waals surface area contributed by atoms with Gasteiger partial charge >= 0.3 is 0 Å². The summed E-state index contributed by atoms with van der Waals surface area (Å²) in [4.78, 5) is 4.44. The summed E-state index contributed by atoms with van der Waals surface area (Å²) < 4.78 is 6.18. The summed E-state index contributed by atoms with van der Waals surface area (Å²) in [6.07, 6.45) is 0. The van der Waals surface area contributed by atoms with Gasteiger partial charge in [-0.2, -0.15) is 0 Å². The Balaban J connectivity index is 2.08. The molecule has 0 atom stereocenters. The van der Waals surface area contributed by atoms with Crippen LogP contribution in [0.3, 0.4) is 0 Å². The third-order valence-electron chi connectivity index (χ3n) is 2.92. The Morgan fingerprint density at radius 1 is 1.21 bits per heavy atom. The van der Waals surface area contributed by atoms with Crippen molar-refractivity contribution >= 4 is 21.6 Å². The van der Waals surface area contributed by atoms with E-state index in [9.17, 15) is 0 Å². The average Bonchev–Trinajstić information content (AvgIpc) is 2.38. The van der Waals surface area contributed by atoms with Crippen LogP contribution in [0.25, 0.3) is 0 Å². The van der Waals surface area contributed by atoms with Crippen LogP contribution in [-0.4, -0.2) is 12.1 Å². The molecule has 100 valence electrons. The van der Waals surface area contributed by atoms with Gasteiger partial charge in [0.1, 0.15) is 5.75 Å². The number of rotatable bonds is 4. The predicted octanol–water partition coefficient (Wildman–Crippen LogP) is 4.08. The van der Waals surface area contributed by atoms with E-state index in [-0.39, 0.29) is 0 Å². The fourth-order valence-corrected chi connectivity index (χ4v) is 2.48. The second kappa shape index (κ2) is 6.06. The highest BCUT2D eigenvalue weighted by molar-refractivity contribution is 9.10. The number of ether oxygens (including phenoxy) is 1. The Labute approximate surface area is 122 Å². The number of hydrogen-bond donors (Lipinski definition) is 1. The van der Waals surface area contributed by atoms with E-state index in [4.69, 9.17) is 4.74 Å². The maximum Gasteiger partial charge on any atom is 0.133 e. The van der Waals surface area contributed by atoms with Gasteiger partial charge in [0.25, 0.3) is 0 Å². The minimum absolute atomic E-state index is 0.758. The second-order valence-corrected chi connectivity index (χ2v) is 5.26. The molecule has 2 aromatic rings. The van der Waals surface area contributed by atoms with E-state index in [1.807, 2.05) is 32.0 Å². The monoisotopic (exact) mass is 320 g/mol. The molecule has 0 aliphatic heterocycles. The number of aromatic nitrogens is 1. The van der Waals surface area contributed by atoms with Crippen molar-refractivity contribution in [3.8, 4) is 5.75 Å². The van der Waals surface area contributed by atoms with Crippen LogP contribution in [0.2, 0.25) is 0 Å². The van der Waals surface area contributed by atoms with E-state index in [2.05, 4.69) is 38.4 Å². The summed E-state index contributed by atoms with van der Waals surface area (Å²) in [5, 5.41) is 3.40. The molecular formula is C15H17BrN2O. The van der Waals surface area contributed by atoms with Gasteiger partial charge < -0.3 is 10.1 Å². The van der Waals surface area contributed by atoms with E-state index in [1.54, 1.807) is 7.11 Å². The van der Waals surface area contributed by atoms with Crippen LogP contribution >= 0.6 is 15.9 Å². The van der Waals surface area contributed by atoms with Crippen LogP contribution in [-0.2, 0) is 6.54 Å². The Morgan fingerprint density at radius 2 is 2.00 bits per heavy atom. The minimum Gasteiger partial charge on any atom is -0.496 e. The zero-order valence-electron chi connectivity index (χ0n) is 11.3. The van der Waals surface area contributed by atoms with Crippen molar-refractivity contribution < 1.29 is 4.74 Å². The lowest BCUT2D eigenvalue weighted by Crippen LogP contribution is -2.02. The van der Waals surface area contributed by atoms with Gasteiger partial charge in [-0.05, 0) is 59.6 Å². The van der Waals surface area contributed by atoms with Crippen molar-refractivity contribution in [2.24, 2.45) is 0 Å². The fourth-order valence-electron chi connectivity index (χ4n) is 1.89. The quantitative estimate of drug-likeness (QED) is 0.921. The van der Waals surface area contributed by atoms with Gasteiger partial charge in [-0.3, -0.25) is 4.98 Å². The lowest BCUT2D eigenvalue weighted by atomic mass is 10.2. The Kier molecular flexibility index (Phi) is 4.43. The Bertz CT molecular complexity index is 584. The van der Waals surface area contributed by atoms with E-state index in [0.29, 0.717) is 0 Å². The molecule has 2 rings (SSSR count). The molecule has 1 aromatic heterocycles. The molecule has 0 bridgehead atoms. The first-order valence-electron chi connectivity index (χ1n) is 6.10.